The Bertz CT molecular complexity index is 529. The fourth-order valence-electron chi connectivity index (χ4n) is 3.76. The van der Waals surface area contributed by atoms with Gasteiger partial charge in [0.1, 0.15) is 0 Å². The van der Waals surface area contributed by atoms with E-state index in [0.717, 1.165) is 35.9 Å². The van der Waals surface area contributed by atoms with Crippen LogP contribution in [0.5, 0.6) is 0 Å². The lowest BCUT2D eigenvalue weighted by Gasteiger charge is -2.21. The third-order valence-corrected chi connectivity index (χ3v) is 4.65. The quantitative estimate of drug-likeness (QED) is 0.899. The molecule has 4 rings (SSSR count). The first kappa shape index (κ1) is 10.4. The van der Waals surface area contributed by atoms with E-state index >= 15 is 0 Å². The molecule has 3 unspecified atom stereocenters. The van der Waals surface area contributed by atoms with Crippen molar-refractivity contribution in [2.24, 2.45) is 17.8 Å². The first-order valence-corrected chi connectivity index (χ1v) is 6.94. The molecule has 18 heavy (non-hydrogen) atoms. The summed E-state index contributed by atoms with van der Waals surface area (Å²) in [6.07, 6.45) is 7.71. The Morgan fingerprint density at radius 3 is 3.06 bits per heavy atom. The Hall–Kier alpha value is -1.58. The second-order valence-corrected chi connectivity index (χ2v) is 5.75. The van der Waals surface area contributed by atoms with E-state index in [1.807, 2.05) is 28.9 Å². The van der Waals surface area contributed by atoms with Crippen LogP contribution >= 0.6 is 0 Å². The number of hydrogen-bond donors (Lipinski definition) is 1. The van der Waals surface area contributed by atoms with Gasteiger partial charge in [-0.25, -0.2) is 4.52 Å². The van der Waals surface area contributed by atoms with Gasteiger partial charge in [-0.05, 0) is 49.1 Å². The summed E-state index contributed by atoms with van der Waals surface area (Å²) in [5.41, 5.74) is 0.910. The van der Waals surface area contributed by atoms with Gasteiger partial charge in [0.15, 0.2) is 5.65 Å². The van der Waals surface area contributed by atoms with Crippen molar-refractivity contribution in [1.82, 2.24) is 14.6 Å². The molecule has 0 saturated heterocycles. The van der Waals surface area contributed by atoms with Crippen LogP contribution < -0.4 is 5.32 Å². The molecule has 0 aromatic carbocycles. The Morgan fingerprint density at radius 1 is 1.28 bits per heavy atom. The number of anilines is 1. The van der Waals surface area contributed by atoms with E-state index in [1.165, 1.54) is 25.7 Å². The highest BCUT2D eigenvalue weighted by atomic mass is 15.3. The minimum Gasteiger partial charge on any atom is -0.353 e. The Morgan fingerprint density at radius 2 is 2.28 bits per heavy atom. The summed E-state index contributed by atoms with van der Waals surface area (Å²) in [7, 11) is 0. The highest BCUT2D eigenvalue weighted by Gasteiger charge is 2.39. The van der Waals surface area contributed by atoms with Crippen molar-refractivity contribution in [3.63, 3.8) is 0 Å². The lowest BCUT2D eigenvalue weighted by molar-refractivity contribution is 0.348. The maximum absolute atomic E-state index is 4.48. The molecular weight excluding hydrogens is 224 g/mol. The van der Waals surface area contributed by atoms with Crippen molar-refractivity contribution in [3.05, 3.63) is 24.4 Å². The predicted molar refractivity (Wildman–Crippen MR) is 70.4 cm³/mol. The average Bonchev–Trinajstić information content (AvgIpc) is 3.10. The molecule has 4 heteroatoms. The van der Waals surface area contributed by atoms with Crippen LogP contribution in [-0.4, -0.2) is 21.1 Å². The summed E-state index contributed by atoms with van der Waals surface area (Å²) in [6.45, 7) is 1.04. The van der Waals surface area contributed by atoms with Crippen LogP contribution in [0.2, 0.25) is 0 Å². The van der Waals surface area contributed by atoms with Gasteiger partial charge in [0.05, 0.1) is 0 Å². The molecule has 94 valence electrons. The largest absolute Gasteiger partial charge is 0.353 e. The number of aromatic nitrogens is 3. The molecule has 1 N–H and O–H groups in total. The van der Waals surface area contributed by atoms with E-state index in [2.05, 4.69) is 15.4 Å². The summed E-state index contributed by atoms with van der Waals surface area (Å²) in [4.78, 5) is 4.48. The molecule has 2 heterocycles. The first-order chi connectivity index (χ1) is 8.88. The van der Waals surface area contributed by atoms with E-state index in [1.54, 1.807) is 0 Å². The standard InChI is InChI=1S/C14H18N4/c1-2-6-18-13(3-1)16-14(17-18)15-9-12-8-10-4-5-11(12)7-10/h1-3,6,10-12H,4-5,7-9H2,(H,15,17). The van der Waals surface area contributed by atoms with Gasteiger partial charge in [0.25, 0.3) is 0 Å². The second-order valence-electron chi connectivity index (χ2n) is 5.75. The molecule has 0 spiro atoms. The fraction of sp³-hybridized carbons (Fsp3) is 0.571. The summed E-state index contributed by atoms with van der Waals surface area (Å²) in [6, 6.07) is 5.95. The van der Waals surface area contributed by atoms with Gasteiger partial charge < -0.3 is 5.32 Å². The zero-order valence-electron chi connectivity index (χ0n) is 10.4. The number of rotatable bonds is 3. The lowest BCUT2D eigenvalue weighted by atomic mass is 9.89. The third-order valence-electron chi connectivity index (χ3n) is 4.65. The highest BCUT2D eigenvalue weighted by Crippen LogP contribution is 2.48. The Balaban J connectivity index is 1.45. The summed E-state index contributed by atoms with van der Waals surface area (Å²) in [5.74, 6) is 3.58. The molecule has 0 radical (unpaired) electrons. The van der Waals surface area contributed by atoms with Crippen molar-refractivity contribution in [1.29, 1.82) is 0 Å². The number of pyridine rings is 1. The highest BCUT2D eigenvalue weighted by molar-refractivity contribution is 5.42. The predicted octanol–water partition coefficient (Wildman–Crippen LogP) is 2.58. The van der Waals surface area contributed by atoms with Gasteiger partial charge in [0.2, 0.25) is 5.95 Å². The number of nitrogens with zero attached hydrogens (tertiary/aromatic N) is 3. The summed E-state index contributed by atoms with van der Waals surface area (Å²) in [5, 5.41) is 7.85. The maximum Gasteiger partial charge on any atom is 0.243 e. The molecule has 2 aromatic rings. The molecule has 2 saturated carbocycles. The van der Waals surface area contributed by atoms with Crippen molar-refractivity contribution >= 4 is 11.6 Å². The SMILES string of the molecule is c1ccn2nc(NCC3CC4CCC3C4)nc2c1. The van der Waals surface area contributed by atoms with E-state index in [9.17, 15) is 0 Å². The molecule has 3 atom stereocenters. The van der Waals surface area contributed by atoms with Gasteiger partial charge in [0, 0.05) is 12.7 Å². The van der Waals surface area contributed by atoms with Gasteiger partial charge in [-0.2, -0.15) is 4.98 Å². The van der Waals surface area contributed by atoms with E-state index in [0.29, 0.717) is 0 Å². The van der Waals surface area contributed by atoms with Gasteiger partial charge in [-0.1, -0.05) is 12.5 Å². The zero-order valence-corrected chi connectivity index (χ0v) is 10.4. The van der Waals surface area contributed by atoms with Gasteiger partial charge >= 0.3 is 0 Å². The molecule has 2 aliphatic carbocycles. The summed E-state index contributed by atoms with van der Waals surface area (Å²) >= 11 is 0. The van der Waals surface area contributed by atoms with Crippen LogP contribution in [0.1, 0.15) is 25.7 Å². The van der Waals surface area contributed by atoms with Crippen molar-refractivity contribution in [2.75, 3.05) is 11.9 Å². The van der Waals surface area contributed by atoms with Crippen LogP contribution in [0.15, 0.2) is 24.4 Å². The van der Waals surface area contributed by atoms with Crippen molar-refractivity contribution in [3.8, 4) is 0 Å². The minimum atomic E-state index is 0.768. The second kappa shape index (κ2) is 3.97. The van der Waals surface area contributed by atoms with Crippen molar-refractivity contribution < 1.29 is 0 Å². The molecule has 2 aliphatic rings. The Kier molecular flexibility index (Phi) is 2.28. The smallest absolute Gasteiger partial charge is 0.243 e. The van der Waals surface area contributed by atoms with Gasteiger partial charge in [-0.15, -0.1) is 5.10 Å². The molecule has 0 amide bonds. The number of hydrogen-bond acceptors (Lipinski definition) is 3. The average molecular weight is 242 g/mol. The van der Waals surface area contributed by atoms with Crippen LogP contribution in [0.25, 0.3) is 5.65 Å². The molecule has 0 aliphatic heterocycles. The normalized spacial score (nSPS) is 30.1. The van der Waals surface area contributed by atoms with Crippen molar-refractivity contribution in [2.45, 2.75) is 25.7 Å². The van der Waals surface area contributed by atoms with Crippen LogP contribution in [0.4, 0.5) is 5.95 Å². The van der Waals surface area contributed by atoms with Gasteiger partial charge in [-0.3, -0.25) is 0 Å². The number of nitrogens with one attached hydrogen (secondary N) is 1. The van der Waals surface area contributed by atoms with E-state index < -0.39 is 0 Å². The van der Waals surface area contributed by atoms with Crippen LogP contribution in [0, 0.1) is 17.8 Å². The van der Waals surface area contributed by atoms with Crippen LogP contribution in [-0.2, 0) is 0 Å². The summed E-state index contributed by atoms with van der Waals surface area (Å²) < 4.78 is 1.82. The Labute approximate surface area is 106 Å². The molecule has 2 bridgehead atoms. The maximum atomic E-state index is 4.48. The fourth-order valence-corrected chi connectivity index (χ4v) is 3.76. The zero-order chi connectivity index (χ0) is 11.9. The topological polar surface area (TPSA) is 42.2 Å². The number of fused-ring (bicyclic) bond motifs is 3. The van der Waals surface area contributed by atoms with E-state index in [-0.39, 0.29) is 0 Å². The monoisotopic (exact) mass is 242 g/mol. The molecule has 2 fully saturated rings. The molecular formula is C14H18N4. The third kappa shape index (κ3) is 1.67. The van der Waals surface area contributed by atoms with Crippen LogP contribution in [0.3, 0.4) is 0 Å². The van der Waals surface area contributed by atoms with E-state index in [4.69, 9.17) is 0 Å². The first-order valence-electron chi connectivity index (χ1n) is 6.94. The molecule has 4 nitrogen and oxygen atoms in total. The minimum absolute atomic E-state index is 0.768. The molecule has 2 aromatic heterocycles. The lowest BCUT2D eigenvalue weighted by Crippen LogP contribution is -2.20.